The normalized spacial score (nSPS) is 10.6. The van der Waals surface area contributed by atoms with Gasteiger partial charge in [-0.2, -0.15) is 4.98 Å². The van der Waals surface area contributed by atoms with Gasteiger partial charge in [-0.15, -0.1) is 5.10 Å². The molecular weight excluding hydrogens is 386 g/mol. The van der Waals surface area contributed by atoms with Crippen molar-refractivity contribution in [1.29, 1.82) is 0 Å². The second kappa shape index (κ2) is 9.92. The molecule has 0 aliphatic heterocycles. The van der Waals surface area contributed by atoms with E-state index < -0.39 is 0 Å². The maximum atomic E-state index is 12.3. The summed E-state index contributed by atoms with van der Waals surface area (Å²) in [5, 5.41) is 13.4. The summed E-state index contributed by atoms with van der Waals surface area (Å²) >= 11 is 1.13. The van der Waals surface area contributed by atoms with E-state index in [1.165, 1.54) is 5.56 Å². The molecule has 0 saturated carbocycles. The number of aromatic nitrogens is 4. The van der Waals surface area contributed by atoms with E-state index in [9.17, 15) is 4.79 Å². The van der Waals surface area contributed by atoms with Crippen molar-refractivity contribution in [2.24, 2.45) is 0 Å². The molecule has 0 unspecified atom stereocenters. The monoisotopic (exact) mass is 411 g/mol. The van der Waals surface area contributed by atoms with Gasteiger partial charge in [-0.25, -0.2) is 4.98 Å². The van der Waals surface area contributed by atoms with Crippen LogP contribution in [0.25, 0.3) is 0 Å². The van der Waals surface area contributed by atoms with E-state index in [1.54, 1.807) is 0 Å². The third-order valence-electron chi connectivity index (χ3n) is 4.12. The Morgan fingerprint density at radius 3 is 2.66 bits per heavy atom. The van der Waals surface area contributed by atoms with Crippen LogP contribution in [0.5, 0.6) is 0 Å². The van der Waals surface area contributed by atoms with E-state index in [4.69, 9.17) is 0 Å². The van der Waals surface area contributed by atoms with Gasteiger partial charge in [-0.1, -0.05) is 35.5 Å². The van der Waals surface area contributed by atoms with Crippen LogP contribution < -0.4 is 16.0 Å². The predicted octanol–water partition coefficient (Wildman–Crippen LogP) is 3.48. The fourth-order valence-corrected chi connectivity index (χ4v) is 3.33. The van der Waals surface area contributed by atoms with Crippen molar-refractivity contribution >= 4 is 34.9 Å². The largest absolute Gasteiger partial charge is 0.352 e. The zero-order chi connectivity index (χ0) is 20.6. The summed E-state index contributed by atoms with van der Waals surface area (Å²) in [6.07, 6.45) is 1.68. The number of hydrogen-bond acceptors (Lipinski definition) is 8. The number of nitrogens with zero attached hydrogens (tertiary/aromatic N) is 4. The topological polar surface area (TPSA) is 105 Å². The first-order valence-electron chi connectivity index (χ1n) is 9.58. The van der Waals surface area contributed by atoms with Crippen LogP contribution in [0.4, 0.5) is 17.5 Å². The minimum atomic E-state index is -0.142. The predicted molar refractivity (Wildman–Crippen MR) is 116 cm³/mol. The Bertz CT molecular complexity index is 956. The SMILES string of the molecule is CCCc1nnsc1C(=O)NCCNc1nc(C)cc(Nc2ccc(C)cc2)n1. The molecule has 0 fully saturated rings. The first-order valence-corrected chi connectivity index (χ1v) is 10.3. The molecule has 0 aliphatic carbocycles. The molecule has 0 bridgehead atoms. The van der Waals surface area contributed by atoms with Crippen LogP contribution in [0.2, 0.25) is 0 Å². The van der Waals surface area contributed by atoms with Gasteiger partial charge >= 0.3 is 0 Å². The van der Waals surface area contributed by atoms with E-state index in [2.05, 4.69) is 49.4 Å². The summed E-state index contributed by atoms with van der Waals surface area (Å²) in [5.74, 6) is 1.09. The van der Waals surface area contributed by atoms with Crippen molar-refractivity contribution in [3.05, 3.63) is 52.2 Å². The molecular formula is C20H25N7OS. The summed E-state index contributed by atoms with van der Waals surface area (Å²) in [6.45, 7) is 6.97. The van der Waals surface area contributed by atoms with Gasteiger partial charge in [0.1, 0.15) is 10.7 Å². The lowest BCUT2D eigenvalue weighted by Crippen LogP contribution is -2.29. The Morgan fingerprint density at radius 2 is 1.90 bits per heavy atom. The third kappa shape index (κ3) is 5.95. The molecule has 9 heteroatoms. The minimum absolute atomic E-state index is 0.142. The molecule has 29 heavy (non-hydrogen) atoms. The highest BCUT2D eigenvalue weighted by atomic mass is 32.1. The number of amides is 1. The molecule has 3 rings (SSSR count). The second-order valence-electron chi connectivity index (χ2n) is 6.69. The molecule has 152 valence electrons. The number of carbonyl (C=O) groups is 1. The summed E-state index contributed by atoms with van der Waals surface area (Å²) in [7, 11) is 0. The number of rotatable bonds is 9. The number of aryl methyl sites for hydroxylation is 3. The van der Waals surface area contributed by atoms with Crippen LogP contribution in [-0.4, -0.2) is 38.6 Å². The maximum absolute atomic E-state index is 12.3. The first-order chi connectivity index (χ1) is 14.0. The quantitative estimate of drug-likeness (QED) is 0.463. The molecule has 3 N–H and O–H groups in total. The van der Waals surface area contributed by atoms with Gasteiger partial charge in [0, 0.05) is 30.5 Å². The number of hydrogen-bond donors (Lipinski definition) is 3. The summed E-state index contributed by atoms with van der Waals surface area (Å²) in [5.41, 5.74) is 3.78. The number of carbonyl (C=O) groups excluding carboxylic acids is 1. The Kier molecular flexibility index (Phi) is 7.07. The minimum Gasteiger partial charge on any atom is -0.352 e. The second-order valence-corrected chi connectivity index (χ2v) is 7.44. The average molecular weight is 412 g/mol. The van der Waals surface area contributed by atoms with Gasteiger partial charge in [0.05, 0.1) is 5.69 Å². The van der Waals surface area contributed by atoms with Crippen LogP contribution >= 0.6 is 11.5 Å². The zero-order valence-corrected chi connectivity index (χ0v) is 17.6. The van der Waals surface area contributed by atoms with Crippen LogP contribution in [0, 0.1) is 13.8 Å². The summed E-state index contributed by atoms with van der Waals surface area (Å²) in [4.78, 5) is 21.8. The third-order valence-corrected chi connectivity index (χ3v) is 4.89. The Hall–Kier alpha value is -3.07. The van der Waals surface area contributed by atoms with Crippen LogP contribution in [-0.2, 0) is 6.42 Å². The van der Waals surface area contributed by atoms with Gasteiger partial charge in [-0.3, -0.25) is 4.79 Å². The molecule has 0 aliphatic rings. The summed E-state index contributed by atoms with van der Waals surface area (Å²) in [6, 6.07) is 10.00. The smallest absolute Gasteiger partial charge is 0.265 e. The zero-order valence-electron chi connectivity index (χ0n) is 16.8. The average Bonchev–Trinajstić information content (AvgIpc) is 3.15. The lowest BCUT2D eigenvalue weighted by Gasteiger charge is -2.10. The lowest BCUT2D eigenvalue weighted by molar-refractivity contribution is 0.0958. The molecule has 0 atom stereocenters. The molecule has 1 aromatic carbocycles. The highest BCUT2D eigenvalue weighted by Gasteiger charge is 2.15. The highest BCUT2D eigenvalue weighted by Crippen LogP contribution is 2.17. The molecule has 8 nitrogen and oxygen atoms in total. The molecule has 1 amide bonds. The Balaban J connectivity index is 1.52. The molecule has 2 heterocycles. The van der Waals surface area contributed by atoms with E-state index in [0.29, 0.717) is 29.7 Å². The number of nitrogens with one attached hydrogen (secondary N) is 3. The number of benzene rings is 1. The van der Waals surface area contributed by atoms with Crippen molar-refractivity contribution in [1.82, 2.24) is 24.9 Å². The van der Waals surface area contributed by atoms with Gasteiger partial charge < -0.3 is 16.0 Å². The highest BCUT2D eigenvalue weighted by molar-refractivity contribution is 7.08. The maximum Gasteiger partial charge on any atom is 0.265 e. The van der Waals surface area contributed by atoms with Crippen molar-refractivity contribution in [3.8, 4) is 0 Å². The first kappa shape index (κ1) is 20.7. The lowest BCUT2D eigenvalue weighted by atomic mass is 10.2. The molecule has 0 radical (unpaired) electrons. The van der Waals surface area contributed by atoms with Crippen LogP contribution in [0.15, 0.2) is 30.3 Å². The van der Waals surface area contributed by atoms with Crippen LogP contribution in [0.1, 0.15) is 40.0 Å². The van der Waals surface area contributed by atoms with Crippen molar-refractivity contribution in [3.63, 3.8) is 0 Å². The van der Waals surface area contributed by atoms with Crippen molar-refractivity contribution < 1.29 is 4.79 Å². The van der Waals surface area contributed by atoms with Gasteiger partial charge in [0.2, 0.25) is 5.95 Å². The van der Waals surface area contributed by atoms with E-state index in [1.807, 2.05) is 37.3 Å². The van der Waals surface area contributed by atoms with Crippen molar-refractivity contribution in [2.45, 2.75) is 33.6 Å². The Morgan fingerprint density at radius 1 is 1.10 bits per heavy atom. The molecule has 0 saturated heterocycles. The molecule has 3 aromatic rings. The standard InChI is InChI=1S/C20H25N7OS/c1-4-5-16-18(29-27-26-16)19(28)21-10-11-22-20-23-14(3)12-17(25-20)24-15-8-6-13(2)7-9-15/h6-9,12H,4-5,10-11H2,1-3H3,(H,21,28)(H2,22,23,24,25). The number of anilines is 3. The van der Waals surface area contributed by atoms with Gasteiger partial charge in [0.15, 0.2) is 0 Å². The van der Waals surface area contributed by atoms with E-state index in [0.717, 1.165) is 41.4 Å². The van der Waals surface area contributed by atoms with E-state index in [-0.39, 0.29) is 5.91 Å². The Labute approximate surface area is 174 Å². The van der Waals surface area contributed by atoms with Crippen molar-refractivity contribution in [2.75, 3.05) is 23.7 Å². The fourth-order valence-electron chi connectivity index (χ4n) is 2.71. The van der Waals surface area contributed by atoms with E-state index >= 15 is 0 Å². The molecule has 2 aromatic heterocycles. The van der Waals surface area contributed by atoms with Gasteiger partial charge in [0.25, 0.3) is 5.91 Å². The van der Waals surface area contributed by atoms with Crippen LogP contribution in [0.3, 0.4) is 0 Å². The summed E-state index contributed by atoms with van der Waals surface area (Å²) < 4.78 is 3.88. The molecule has 0 spiro atoms. The van der Waals surface area contributed by atoms with Gasteiger partial charge in [-0.05, 0) is 43.9 Å². The fraction of sp³-hybridized carbons (Fsp3) is 0.350.